The summed E-state index contributed by atoms with van der Waals surface area (Å²) >= 11 is 0. The molecule has 2 N–H and O–H groups in total. The van der Waals surface area contributed by atoms with E-state index in [0.29, 0.717) is 12.6 Å². The van der Waals surface area contributed by atoms with Crippen molar-refractivity contribution in [2.45, 2.75) is 39.8 Å². The van der Waals surface area contributed by atoms with Gasteiger partial charge in [-0.15, -0.1) is 24.0 Å². The van der Waals surface area contributed by atoms with Crippen LogP contribution in [0.3, 0.4) is 0 Å². The van der Waals surface area contributed by atoms with Crippen LogP contribution in [0.25, 0.3) is 0 Å². The van der Waals surface area contributed by atoms with Gasteiger partial charge in [0.25, 0.3) is 0 Å². The molecule has 8 heteroatoms. The number of hydrogen-bond acceptors (Lipinski definition) is 3. The number of aromatic nitrogens is 4. The molecule has 24 heavy (non-hydrogen) atoms. The molecule has 0 saturated carbocycles. The number of hydrogen-bond donors (Lipinski definition) is 2. The third-order valence-electron chi connectivity index (χ3n) is 3.51. The maximum absolute atomic E-state index is 4.57. The minimum Gasteiger partial charge on any atom is -0.357 e. The fourth-order valence-electron chi connectivity index (χ4n) is 2.15. The molecule has 2 rings (SSSR count). The number of guanidine groups is 1. The van der Waals surface area contributed by atoms with Gasteiger partial charge in [0.2, 0.25) is 0 Å². The van der Waals surface area contributed by atoms with Crippen LogP contribution < -0.4 is 10.6 Å². The smallest absolute Gasteiger partial charge is 0.191 e. The van der Waals surface area contributed by atoms with Gasteiger partial charge in [-0.3, -0.25) is 4.68 Å². The Morgan fingerprint density at radius 1 is 1.29 bits per heavy atom. The van der Waals surface area contributed by atoms with Crippen molar-refractivity contribution in [1.29, 1.82) is 0 Å². The molecule has 0 radical (unpaired) electrons. The van der Waals surface area contributed by atoms with Crippen LogP contribution in [-0.4, -0.2) is 38.4 Å². The molecule has 2 aromatic heterocycles. The highest BCUT2D eigenvalue weighted by Crippen LogP contribution is 2.04. The summed E-state index contributed by atoms with van der Waals surface area (Å²) in [5, 5.41) is 11.1. The van der Waals surface area contributed by atoms with Crippen LogP contribution in [0, 0.1) is 0 Å². The second-order valence-electron chi connectivity index (χ2n) is 5.71. The molecule has 7 nitrogen and oxygen atoms in total. The molecule has 2 heterocycles. The zero-order valence-corrected chi connectivity index (χ0v) is 17.2. The van der Waals surface area contributed by atoms with Crippen molar-refractivity contribution >= 4 is 29.9 Å². The highest BCUT2D eigenvalue weighted by molar-refractivity contribution is 14.0. The predicted molar refractivity (Wildman–Crippen MR) is 108 cm³/mol. The van der Waals surface area contributed by atoms with Crippen LogP contribution in [0.5, 0.6) is 0 Å². The second-order valence-corrected chi connectivity index (χ2v) is 5.71. The lowest BCUT2D eigenvalue weighted by Gasteiger charge is -2.10. The van der Waals surface area contributed by atoms with E-state index in [0.717, 1.165) is 37.0 Å². The van der Waals surface area contributed by atoms with Gasteiger partial charge in [0.1, 0.15) is 12.4 Å². The van der Waals surface area contributed by atoms with Crippen molar-refractivity contribution in [3.63, 3.8) is 0 Å². The molecular formula is C16H28IN7. The second kappa shape index (κ2) is 10.3. The summed E-state index contributed by atoms with van der Waals surface area (Å²) in [5.41, 5.74) is 1.09. The van der Waals surface area contributed by atoms with Gasteiger partial charge < -0.3 is 15.2 Å². The molecule has 0 aliphatic carbocycles. The lowest BCUT2D eigenvalue weighted by molar-refractivity contribution is 0.526. The molecule has 0 unspecified atom stereocenters. The topological polar surface area (TPSA) is 72.1 Å². The van der Waals surface area contributed by atoms with Crippen LogP contribution >= 0.6 is 24.0 Å². The lowest BCUT2D eigenvalue weighted by Crippen LogP contribution is -2.38. The standard InChI is InChI=1S/C16H27N7.HI/c1-5-17-16(20-12-15-18-9-11-22(15)4)19-8-6-14-7-10-23(21-14)13(2)3;/h7,9-11,13H,5-6,8,12H2,1-4H3,(H2,17,19,20);1H. The minimum absolute atomic E-state index is 0. The quantitative estimate of drug-likeness (QED) is 0.389. The van der Waals surface area contributed by atoms with E-state index in [2.05, 4.69) is 52.5 Å². The van der Waals surface area contributed by atoms with E-state index in [9.17, 15) is 0 Å². The first-order chi connectivity index (χ1) is 11.1. The molecular weight excluding hydrogens is 417 g/mol. The third-order valence-corrected chi connectivity index (χ3v) is 3.51. The number of nitrogens with zero attached hydrogens (tertiary/aromatic N) is 5. The SMILES string of the molecule is CCNC(=NCc1nccn1C)NCCc1ccn(C(C)C)n1.I. The van der Waals surface area contributed by atoms with Gasteiger partial charge in [0, 0.05) is 51.2 Å². The van der Waals surface area contributed by atoms with Crippen LogP contribution in [0.1, 0.15) is 38.3 Å². The van der Waals surface area contributed by atoms with E-state index < -0.39 is 0 Å². The summed E-state index contributed by atoms with van der Waals surface area (Å²) in [6.07, 6.45) is 6.61. The average Bonchev–Trinajstić information content (AvgIpc) is 3.14. The Labute approximate surface area is 161 Å². The molecule has 0 aromatic carbocycles. The Morgan fingerprint density at radius 2 is 2.08 bits per heavy atom. The van der Waals surface area contributed by atoms with Crippen molar-refractivity contribution in [3.05, 3.63) is 36.2 Å². The largest absolute Gasteiger partial charge is 0.357 e. The van der Waals surface area contributed by atoms with Gasteiger partial charge in [0.05, 0.1) is 5.69 Å². The fraction of sp³-hybridized carbons (Fsp3) is 0.562. The Hall–Kier alpha value is -1.58. The summed E-state index contributed by atoms with van der Waals surface area (Å²) in [6.45, 7) is 8.49. The monoisotopic (exact) mass is 445 g/mol. The maximum Gasteiger partial charge on any atom is 0.191 e. The predicted octanol–water partition coefficient (Wildman–Crippen LogP) is 2.11. The minimum atomic E-state index is 0. The summed E-state index contributed by atoms with van der Waals surface area (Å²) < 4.78 is 3.96. The van der Waals surface area contributed by atoms with Gasteiger partial charge >= 0.3 is 0 Å². The molecule has 0 spiro atoms. The molecule has 0 fully saturated rings. The number of nitrogens with one attached hydrogen (secondary N) is 2. The zero-order chi connectivity index (χ0) is 16.7. The first-order valence-corrected chi connectivity index (χ1v) is 8.12. The highest BCUT2D eigenvalue weighted by atomic mass is 127. The van der Waals surface area contributed by atoms with Crippen LogP contribution in [0.2, 0.25) is 0 Å². The van der Waals surface area contributed by atoms with Gasteiger partial charge in [-0.1, -0.05) is 0 Å². The Balaban J connectivity index is 0.00000288. The number of halogens is 1. The van der Waals surface area contributed by atoms with E-state index in [-0.39, 0.29) is 24.0 Å². The van der Waals surface area contributed by atoms with Crippen molar-refractivity contribution in [1.82, 2.24) is 30.0 Å². The number of rotatable bonds is 7. The molecule has 2 aromatic rings. The summed E-state index contributed by atoms with van der Waals surface area (Å²) in [4.78, 5) is 8.85. The van der Waals surface area contributed by atoms with Crippen LogP contribution in [0.15, 0.2) is 29.6 Å². The third kappa shape index (κ3) is 6.14. The first kappa shape index (κ1) is 20.5. The van der Waals surface area contributed by atoms with E-state index in [4.69, 9.17) is 0 Å². The normalized spacial score (nSPS) is 11.5. The van der Waals surface area contributed by atoms with Crippen LogP contribution in [0.4, 0.5) is 0 Å². The summed E-state index contributed by atoms with van der Waals surface area (Å²) in [6, 6.07) is 2.47. The highest BCUT2D eigenvalue weighted by Gasteiger charge is 2.04. The maximum atomic E-state index is 4.57. The molecule has 0 aliphatic rings. The van der Waals surface area contributed by atoms with Crippen molar-refractivity contribution in [2.75, 3.05) is 13.1 Å². The number of aryl methyl sites for hydroxylation is 1. The Kier molecular flexibility index (Phi) is 8.80. The van der Waals surface area contributed by atoms with E-state index in [1.165, 1.54) is 0 Å². The van der Waals surface area contributed by atoms with Gasteiger partial charge in [-0.05, 0) is 26.8 Å². The van der Waals surface area contributed by atoms with E-state index >= 15 is 0 Å². The molecule has 0 atom stereocenters. The van der Waals surface area contributed by atoms with E-state index in [1.807, 2.05) is 28.7 Å². The fourth-order valence-corrected chi connectivity index (χ4v) is 2.15. The lowest BCUT2D eigenvalue weighted by atomic mass is 10.3. The number of imidazole rings is 1. The summed E-state index contributed by atoms with van der Waals surface area (Å²) in [5.74, 6) is 1.75. The first-order valence-electron chi connectivity index (χ1n) is 8.12. The molecule has 0 amide bonds. The molecule has 0 bridgehead atoms. The van der Waals surface area contributed by atoms with Gasteiger partial charge in [-0.2, -0.15) is 5.10 Å². The zero-order valence-electron chi connectivity index (χ0n) is 14.9. The van der Waals surface area contributed by atoms with Crippen LogP contribution in [-0.2, 0) is 20.0 Å². The average molecular weight is 445 g/mol. The molecule has 0 saturated heterocycles. The summed E-state index contributed by atoms with van der Waals surface area (Å²) in [7, 11) is 1.98. The van der Waals surface area contributed by atoms with E-state index in [1.54, 1.807) is 6.20 Å². The molecule has 134 valence electrons. The Bertz CT molecular complexity index is 630. The molecule has 0 aliphatic heterocycles. The van der Waals surface area contributed by atoms with Crippen molar-refractivity contribution < 1.29 is 0 Å². The van der Waals surface area contributed by atoms with Crippen molar-refractivity contribution in [3.8, 4) is 0 Å². The van der Waals surface area contributed by atoms with Gasteiger partial charge in [0.15, 0.2) is 5.96 Å². The van der Waals surface area contributed by atoms with Crippen molar-refractivity contribution in [2.24, 2.45) is 12.0 Å². The number of aliphatic imine (C=N–C) groups is 1. The van der Waals surface area contributed by atoms with Gasteiger partial charge in [-0.25, -0.2) is 9.98 Å². The Morgan fingerprint density at radius 3 is 2.67 bits per heavy atom.